The van der Waals surface area contributed by atoms with Crippen LogP contribution in [0.4, 0.5) is 17.1 Å². The van der Waals surface area contributed by atoms with Gasteiger partial charge in [-0.05, 0) is 81.0 Å². The number of anilines is 2. The predicted molar refractivity (Wildman–Crippen MR) is 251 cm³/mol. The molecule has 2 unspecified atom stereocenters. The van der Waals surface area contributed by atoms with Gasteiger partial charge in [0.1, 0.15) is 0 Å². The van der Waals surface area contributed by atoms with Crippen molar-refractivity contribution >= 4 is 78.2 Å². The normalized spacial score (nSPS) is 23.0. The van der Waals surface area contributed by atoms with Gasteiger partial charge < -0.3 is 4.90 Å². The van der Waals surface area contributed by atoms with Gasteiger partial charge in [-0.3, -0.25) is 4.99 Å². The van der Waals surface area contributed by atoms with Crippen molar-refractivity contribution in [3.63, 3.8) is 0 Å². The molecule has 0 amide bonds. The first-order valence-electron chi connectivity index (χ1n) is 27.2. The highest BCUT2D eigenvalue weighted by Gasteiger charge is 2.23. The Balaban J connectivity index is 1.35. The molecule has 2 aliphatic rings. The second-order valence-corrected chi connectivity index (χ2v) is 14.4. The van der Waals surface area contributed by atoms with Crippen LogP contribution < -0.4 is 4.90 Å². The molecular formula is C53H40N2S2. The fourth-order valence-corrected chi connectivity index (χ4v) is 8.19. The summed E-state index contributed by atoms with van der Waals surface area (Å²) in [6.45, 7) is 4.82. The number of fused-ring (bicyclic) bond motifs is 6. The first-order chi connectivity index (χ1) is 36.0. The van der Waals surface area contributed by atoms with Crippen LogP contribution in [0, 0.1) is 11.8 Å². The van der Waals surface area contributed by atoms with Gasteiger partial charge in [0.15, 0.2) is 0 Å². The summed E-state index contributed by atoms with van der Waals surface area (Å²) < 4.78 is 170. The molecule has 0 N–H and O–H groups in total. The lowest BCUT2D eigenvalue weighted by atomic mass is 9.79. The number of hydrogen-bond acceptors (Lipinski definition) is 4. The van der Waals surface area contributed by atoms with Crippen molar-refractivity contribution in [2.45, 2.75) is 4.90 Å². The molecule has 0 fully saturated rings. The number of thiophene rings is 1. The Morgan fingerprint density at radius 2 is 1.56 bits per heavy atom. The Bertz CT molecular complexity index is 3930. The molecule has 2 aliphatic carbocycles. The van der Waals surface area contributed by atoms with E-state index >= 15 is 0 Å². The smallest absolute Gasteiger partial charge is 0.0763 e. The average molecular weight is 788 g/mol. The van der Waals surface area contributed by atoms with Gasteiger partial charge in [-0.25, -0.2) is 0 Å². The van der Waals surface area contributed by atoms with Crippen molar-refractivity contribution in [2.24, 2.45) is 16.8 Å². The van der Waals surface area contributed by atoms with Gasteiger partial charge in [-0.15, -0.1) is 24.0 Å². The number of aliphatic imine (C=N–C) groups is 1. The van der Waals surface area contributed by atoms with E-state index in [-0.39, 0.29) is 16.8 Å². The summed E-state index contributed by atoms with van der Waals surface area (Å²) in [5, 5.41) is 2.52. The lowest BCUT2D eigenvalue weighted by molar-refractivity contribution is 0.652. The molecular weight excluding hydrogens is 729 g/mol. The third-order valence-electron chi connectivity index (χ3n) is 9.32. The topological polar surface area (TPSA) is 15.6 Å². The van der Waals surface area contributed by atoms with E-state index < -0.39 is 143 Å². The minimum Gasteiger partial charge on any atom is -0.310 e. The molecule has 0 saturated carbocycles. The van der Waals surface area contributed by atoms with Crippen LogP contribution in [0.25, 0.3) is 42.1 Å². The van der Waals surface area contributed by atoms with E-state index in [1.54, 1.807) is 24.4 Å². The Labute approximate surface area is 370 Å². The molecule has 2 nitrogen and oxygen atoms in total. The number of nitrogens with zero attached hydrogens (tertiary/aromatic N) is 2. The van der Waals surface area contributed by atoms with E-state index in [4.69, 9.17) is 17.8 Å². The Kier molecular flexibility index (Phi) is 5.77. The highest BCUT2D eigenvalue weighted by molar-refractivity contribution is 7.80. The van der Waals surface area contributed by atoms with Crippen molar-refractivity contribution in [2.75, 3.05) is 4.90 Å². The molecule has 4 heteroatoms. The average Bonchev–Trinajstić information content (AvgIpc) is 3.83. The lowest BCUT2D eigenvalue weighted by Gasteiger charge is -2.28. The molecule has 0 radical (unpaired) electrons. The van der Waals surface area contributed by atoms with Crippen LogP contribution in [0.1, 0.15) is 31.6 Å². The molecule has 0 saturated heterocycles. The maximum Gasteiger partial charge on any atom is 0.0763 e. The van der Waals surface area contributed by atoms with Gasteiger partial charge >= 0.3 is 0 Å². The fraction of sp³-hybridized carbons (Fsp3) is 0.0377. The SMILES string of the molecule is [2H]C=C([2H])/C([2H])=C(/[2H])C1=CC2C([2H])=C([2H])C([2H])=C([2H])C2C=C1/C([2H])=C(/[2H])C(=C)N(c1c([2H])c([2H])c(-c2c([2H])c([2H])c([2H])c([2H])c2[2H])c([2H])c1[2H])c1cc2ccccc2c2sc3cc(C=Nc4ccccc4S)ccc3c12. The molecule has 274 valence electrons. The summed E-state index contributed by atoms with van der Waals surface area (Å²) in [5.41, 5.74) is -1.19. The van der Waals surface area contributed by atoms with Crippen LogP contribution in [-0.4, -0.2) is 6.21 Å². The van der Waals surface area contributed by atoms with E-state index in [0.29, 0.717) is 38.0 Å². The zero-order valence-corrected chi connectivity index (χ0v) is 31.6. The van der Waals surface area contributed by atoms with Crippen LogP contribution in [0.5, 0.6) is 0 Å². The van der Waals surface area contributed by atoms with Gasteiger partial charge in [0, 0.05) is 54.5 Å². The zero-order chi connectivity index (χ0) is 55.1. The molecule has 9 rings (SSSR count). The largest absolute Gasteiger partial charge is 0.310 e. The Morgan fingerprint density at radius 3 is 2.35 bits per heavy atom. The van der Waals surface area contributed by atoms with Crippen molar-refractivity contribution in [1.29, 1.82) is 0 Å². The standard InChI is InChI=1S/C53H40N2S2/c1-3-4-14-40-32-41-17-8-9-18-42(41)33-43(40)25-23-36(2)55(45-28-26-39(27-29-45)38-15-6-5-7-16-38)49-34-44-19-10-11-20-46(44)53-52(49)47-30-24-37(31-51(47)57-53)35-54-48-21-12-13-22-50(48)56/h3-35,41-42,56H,1-2H2/b14-4-,25-23-,54-35?/i1D,3D,4D,5D,6D,7D,8D,9D,14D,15D,16D,17D,18D,23D,25D,26D,27D,28D,29D/b3-1?,14-4-,25-23-,54-35?. The van der Waals surface area contributed by atoms with Crippen molar-refractivity contribution < 1.29 is 26.0 Å². The molecule has 7 aromatic rings. The summed E-state index contributed by atoms with van der Waals surface area (Å²) in [5.74, 6) is -2.30. The van der Waals surface area contributed by atoms with Crippen molar-refractivity contribution in [3.8, 4) is 11.1 Å². The third kappa shape index (κ3) is 7.34. The van der Waals surface area contributed by atoms with Crippen molar-refractivity contribution in [3.05, 3.63) is 229 Å². The van der Waals surface area contributed by atoms with Gasteiger partial charge in [-0.1, -0.05) is 165 Å². The molecule has 57 heavy (non-hydrogen) atoms. The fourth-order valence-electron chi connectivity index (χ4n) is 6.66. The van der Waals surface area contributed by atoms with Crippen LogP contribution in [-0.2, 0) is 0 Å². The van der Waals surface area contributed by atoms with Gasteiger partial charge in [0.25, 0.3) is 0 Å². The van der Waals surface area contributed by atoms with Crippen LogP contribution in [0.3, 0.4) is 0 Å². The number of allylic oxidation sites excluding steroid dienone is 13. The molecule has 1 heterocycles. The third-order valence-corrected chi connectivity index (χ3v) is 10.9. The van der Waals surface area contributed by atoms with Crippen molar-refractivity contribution in [1.82, 2.24) is 0 Å². The Morgan fingerprint density at radius 1 is 0.825 bits per heavy atom. The summed E-state index contributed by atoms with van der Waals surface area (Å²) >= 11 is 5.93. The molecule has 0 bridgehead atoms. The van der Waals surface area contributed by atoms with E-state index in [2.05, 4.69) is 24.2 Å². The van der Waals surface area contributed by atoms with E-state index in [9.17, 15) is 8.22 Å². The maximum absolute atomic E-state index is 9.87. The second kappa shape index (κ2) is 16.0. The number of rotatable bonds is 10. The number of hydrogen-bond donors (Lipinski definition) is 1. The number of benzene rings is 6. The van der Waals surface area contributed by atoms with E-state index in [1.807, 2.05) is 54.6 Å². The van der Waals surface area contributed by atoms with Gasteiger partial charge in [0.2, 0.25) is 0 Å². The maximum atomic E-state index is 9.87. The van der Waals surface area contributed by atoms with Crippen LogP contribution in [0.15, 0.2) is 234 Å². The summed E-state index contributed by atoms with van der Waals surface area (Å²) in [6, 6.07) is 9.35. The highest BCUT2D eigenvalue weighted by Crippen LogP contribution is 2.47. The number of para-hydroxylation sites is 1. The molecule has 1 aromatic heterocycles. The van der Waals surface area contributed by atoms with E-state index in [0.717, 1.165) is 15.6 Å². The van der Waals surface area contributed by atoms with Crippen LogP contribution in [0.2, 0.25) is 0 Å². The molecule has 0 spiro atoms. The zero-order valence-electron chi connectivity index (χ0n) is 48.8. The monoisotopic (exact) mass is 787 g/mol. The minimum absolute atomic E-state index is 0.154. The molecule has 2 atom stereocenters. The predicted octanol–water partition coefficient (Wildman–Crippen LogP) is 15.1. The quantitative estimate of drug-likeness (QED) is 0.0829. The lowest BCUT2D eigenvalue weighted by Crippen LogP contribution is -2.15. The Hall–Kier alpha value is -6.46. The minimum atomic E-state index is -1.17. The summed E-state index contributed by atoms with van der Waals surface area (Å²) in [7, 11) is 0. The first-order valence-corrected chi connectivity index (χ1v) is 18.9. The highest BCUT2D eigenvalue weighted by atomic mass is 32.1. The first kappa shape index (κ1) is 20.6. The molecule has 0 aliphatic heterocycles. The summed E-state index contributed by atoms with van der Waals surface area (Å²) in [4.78, 5) is 6.50. The van der Waals surface area contributed by atoms with Gasteiger partial charge in [0.05, 0.1) is 37.4 Å². The van der Waals surface area contributed by atoms with Crippen LogP contribution >= 0.6 is 24.0 Å². The van der Waals surface area contributed by atoms with Gasteiger partial charge in [-0.2, -0.15) is 0 Å². The molecule has 6 aromatic carbocycles. The summed E-state index contributed by atoms with van der Waals surface area (Å²) in [6.07, 6.45) is 4.21. The van der Waals surface area contributed by atoms with E-state index in [1.165, 1.54) is 28.4 Å². The number of thiol groups is 1. The second-order valence-electron chi connectivity index (χ2n) is 12.8.